The third kappa shape index (κ3) is 5.38. The third-order valence-corrected chi connectivity index (χ3v) is 19.6. The van der Waals surface area contributed by atoms with Crippen LogP contribution in [0.4, 0.5) is 0 Å². The normalized spacial score (nSPS) is 12.9. The Hall–Kier alpha value is -2.73. The Balaban J connectivity index is 1.72. The highest BCUT2D eigenvalue weighted by Crippen LogP contribution is 2.40. The van der Waals surface area contributed by atoms with Crippen molar-refractivity contribution < 1.29 is 4.43 Å². The van der Waals surface area contributed by atoms with Crippen molar-refractivity contribution in [3.05, 3.63) is 121 Å². The molecule has 38 heavy (non-hydrogen) atoms. The van der Waals surface area contributed by atoms with Gasteiger partial charge in [-0.25, -0.2) is 0 Å². The van der Waals surface area contributed by atoms with E-state index in [-0.39, 0.29) is 10.1 Å². The van der Waals surface area contributed by atoms with Gasteiger partial charge in [0.1, 0.15) is 8.07 Å². The van der Waals surface area contributed by atoms with Crippen LogP contribution in [-0.2, 0) is 4.43 Å². The first-order valence-electron chi connectivity index (χ1n) is 14.0. The molecular weight excluding hydrogens is 493 g/mol. The van der Waals surface area contributed by atoms with E-state index in [4.69, 9.17) is 4.43 Å². The van der Waals surface area contributed by atoms with Gasteiger partial charge in [0.05, 0.1) is 0 Å². The fraction of sp³-hybridized carbons (Fsp3) is 0.314. The first-order chi connectivity index (χ1) is 18.1. The van der Waals surface area contributed by atoms with E-state index in [1.807, 2.05) is 0 Å². The average molecular weight is 537 g/mol. The first kappa shape index (κ1) is 28.3. The zero-order valence-corrected chi connectivity index (χ0v) is 26.1. The summed E-state index contributed by atoms with van der Waals surface area (Å²) in [6.45, 7) is 15.2. The molecule has 4 aromatic rings. The van der Waals surface area contributed by atoms with E-state index < -0.39 is 16.4 Å². The summed E-state index contributed by atoms with van der Waals surface area (Å²) in [4.78, 5) is 0. The summed E-state index contributed by atoms with van der Waals surface area (Å²) < 4.78 is 7.31. The van der Waals surface area contributed by atoms with E-state index in [9.17, 15) is 0 Å². The highest BCUT2D eigenvalue weighted by Gasteiger charge is 2.51. The molecule has 0 aliphatic heterocycles. The quantitative estimate of drug-likeness (QED) is 0.165. The van der Waals surface area contributed by atoms with Gasteiger partial charge in [0.2, 0.25) is 0 Å². The standard InChI is InChI=1S/C35H44OSi2/c1-34(2,3)37(30-20-11-7-12-21-30,31-22-13-8-14-23-31)29-19-28-36-38(35(4,5)6,32-24-15-9-16-25-32)33-26-17-10-18-27-33/h7-18,20-27H,19,28-29H2,1-6H3. The van der Waals surface area contributed by atoms with Gasteiger partial charge in [-0.1, -0.05) is 173 Å². The van der Waals surface area contributed by atoms with Crippen LogP contribution in [0.15, 0.2) is 121 Å². The summed E-state index contributed by atoms with van der Waals surface area (Å²) in [5.41, 5.74) is 0. The van der Waals surface area contributed by atoms with Crippen molar-refractivity contribution in [2.45, 2.75) is 64.1 Å². The molecule has 198 valence electrons. The molecule has 0 bridgehead atoms. The van der Waals surface area contributed by atoms with E-state index in [2.05, 4.69) is 163 Å². The van der Waals surface area contributed by atoms with Gasteiger partial charge in [0.15, 0.2) is 0 Å². The monoisotopic (exact) mass is 536 g/mol. The molecule has 3 heteroatoms. The van der Waals surface area contributed by atoms with E-state index in [0.29, 0.717) is 0 Å². The molecule has 0 aliphatic carbocycles. The molecule has 0 fully saturated rings. The Labute approximate surface area is 233 Å². The number of hydrogen-bond donors (Lipinski definition) is 0. The van der Waals surface area contributed by atoms with Gasteiger partial charge in [0, 0.05) is 6.61 Å². The second-order valence-corrected chi connectivity index (χ2v) is 21.8. The van der Waals surface area contributed by atoms with Crippen LogP contribution in [0.5, 0.6) is 0 Å². The van der Waals surface area contributed by atoms with Crippen LogP contribution in [-0.4, -0.2) is 23.0 Å². The van der Waals surface area contributed by atoms with Gasteiger partial charge in [-0.2, -0.15) is 0 Å². The highest BCUT2D eigenvalue weighted by molar-refractivity contribution is 7.04. The average Bonchev–Trinajstić information content (AvgIpc) is 2.91. The Kier molecular flexibility index (Phi) is 8.61. The van der Waals surface area contributed by atoms with Crippen LogP contribution in [0.2, 0.25) is 16.1 Å². The van der Waals surface area contributed by atoms with Crippen molar-refractivity contribution in [1.29, 1.82) is 0 Å². The minimum atomic E-state index is -2.53. The summed E-state index contributed by atoms with van der Waals surface area (Å²) >= 11 is 0. The predicted octanol–water partition coefficient (Wildman–Crippen LogP) is 7.02. The van der Waals surface area contributed by atoms with Crippen LogP contribution < -0.4 is 20.7 Å². The predicted molar refractivity (Wildman–Crippen MR) is 171 cm³/mol. The lowest BCUT2D eigenvalue weighted by molar-refractivity contribution is 0.297. The minimum absolute atomic E-state index is 0.00683. The van der Waals surface area contributed by atoms with Crippen LogP contribution in [0.25, 0.3) is 0 Å². The lowest BCUT2D eigenvalue weighted by Crippen LogP contribution is -2.67. The molecule has 1 nitrogen and oxygen atoms in total. The molecule has 4 aromatic carbocycles. The van der Waals surface area contributed by atoms with Gasteiger partial charge in [-0.05, 0) is 32.9 Å². The molecule has 0 unspecified atom stereocenters. The molecule has 0 aromatic heterocycles. The smallest absolute Gasteiger partial charge is 0.261 e. The Morgan fingerprint density at radius 3 is 1.13 bits per heavy atom. The summed E-state index contributed by atoms with van der Waals surface area (Å²) in [5.74, 6) is 0. The summed E-state index contributed by atoms with van der Waals surface area (Å²) in [5, 5.41) is 5.89. The zero-order valence-electron chi connectivity index (χ0n) is 24.1. The van der Waals surface area contributed by atoms with Crippen molar-refractivity contribution in [1.82, 2.24) is 0 Å². The van der Waals surface area contributed by atoms with E-state index in [1.54, 1.807) is 0 Å². The van der Waals surface area contributed by atoms with Gasteiger partial charge >= 0.3 is 0 Å². The Morgan fingerprint density at radius 1 is 0.474 bits per heavy atom. The molecule has 0 heterocycles. The van der Waals surface area contributed by atoms with Gasteiger partial charge in [-0.15, -0.1) is 0 Å². The van der Waals surface area contributed by atoms with Crippen LogP contribution in [0.1, 0.15) is 48.0 Å². The summed E-state index contributed by atoms with van der Waals surface area (Å²) in [6.07, 6.45) is 1.04. The van der Waals surface area contributed by atoms with Crippen molar-refractivity contribution in [2.75, 3.05) is 6.61 Å². The maximum Gasteiger partial charge on any atom is 0.261 e. The second-order valence-electron chi connectivity index (χ2n) is 12.5. The molecule has 0 spiro atoms. The van der Waals surface area contributed by atoms with Crippen LogP contribution in [0.3, 0.4) is 0 Å². The molecular formula is C35H44OSi2. The molecule has 4 rings (SSSR count). The molecule has 0 saturated carbocycles. The van der Waals surface area contributed by atoms with Crippen molar-refractivity contribution in [3.8, 4) is 0 Å². The van der Waals surface area contributed by atoms with Crippen molar-refractivity contribution in [3.63, 3.8) is 0 Å². The van der Waals surface area contributed by atoms with Crippen molar-refractivity contribution >= 4 is 37.1 Å². The Morgan fingerprint density at radius 2 is 0.816 bits per heavy atom. The molecule has 0 amide bonds. The molecule has 0 radical (unpaired) electrons. The lowest BCUT2D eigenvalue weighted by Gasteiger charge is -2.45. The lowest BCUT2D eigenvalue weighted by atomic mass is 10.2. The van der Waals surface area contributed by atoms with E-state index in [0.717, 1.165) is 19.1 Å². The van der Waals surface area contributed by atoms with Crippen LogP contribution >= 0.6 is 0 Å². The Bertz CT molecular complexity index is 1080. The fourth-order valence-corrected chi connectivity index (χ4v) is 16.7. The first-order valence-corrected chi connectivity index (χ1v) is 18.1. The fourth-order valence-electron chi connectivity index (χ4n) is 6.47. The van der Waals surface area contributed by atoms with E-state index in [1.165, 1.54) is 20.7 Å². The largest absolute Gasteiger partial charge is 0.407 e. The third-order valence-electron chi connectivity index (χ3n) is 8.25. The van der Waals surface area contributed by atoms with E-state index >= 15 is 0 Å². The highest BCUT2D eigenvalue weighted by atomic mass is 28.4. The molecule has 0 N–H and O–H groups in total. The zero-order chi connectivity index (χ0) is 27.3. The van der Waals surface area contributed by atoms with Gasteiger partial charge in [-0.3, -0.25) is 0 Å². The summed E-state index contributed by atoms with van der Waals surface area (Å²) in [6, 6.07) is 45.8. The van der Waals surface area contributed by atoms with Gasteiger partial charge in [0.25, 0.3) is 8.32 Å². The molecule has 0 atom stereocenters. The number of rotatable bonds is 9. The number of hydrogen-bond acceptors (Lipinski definition) is 1. The molecule has 0 aliphatic rings. The van der Waals surface area contributed by atoms with Crippen LogP contribution in [0, 0.1) is 0 Å². The number of benzene rings is 4. The maximum absolute atomic E-state index is 7.31. The minimum Gasteiger partial charge on any atom is -0.407 e. The maximum atomic E-state index is 7.31. The molecule has 0 saturated heterocycles. The second kappa shape index (κ2) is 11.6. The summed E-state index contributed by atoms with van der Waals surface area (Å²) in [7, 11) is -4.65. The topological polar surface area (TPSA) is 9.23 Å². The van der Waals surface area contributed by atoms with Gasteiger partial charge < -0.3 is 4.43 Å². The SMILES string of the molecule is CC(C)(C)[Si](CCCO[Si](c1ccccc1)(c1ccccc1)C(C)(C)C)(c1ccccc1)c1ccccc1. The van der Waals surface area contributed by atoms with Crippen molar-refractivity contribution in [2.24, 2.45) is 0 Å².